The first kappa shape index (κ1) is 12.1. The Morgan fingerprint density at radius 2 is 2.30 bits per heavy atom. The van der Waals surface area contributed by atoms with E-state index in [1.807, 2.05) is 10.6 Å². The first-order chi connectivity index (χ1) is 9.77. The van der Waals surface area contributed by atoms with Gasteiger partial charge in [-0.3, -0.25) is 0 Å². The number of fused-ring (bicyclic) bond motifs is 3. The van der Waals surface area contributed by atoms with Gasteiger partial charge >= 0.3 is 0 Å². The van der Waals surface area contributed by atoms with Gasteiger partial charge in [0.05, 0.1) is 37.0 Å². The van der Waals surface area contributed by atoms with Crippen LogP contribution in [0.15, 0.2) is 30.7 Å². The lowest BCUT2D eigenvalue weighted by Gasteiger charge is -2.33. The Labute approximate surface area is 115 Å². The first-order valence-corrected chi connectivity index (χ1v) is 6.84. The summed E-state index contributed by atoms with van der Waals surface area (Å²) in [5.74, 6) is -0.201. The quantitative estimate of drug-likeness (QED) is 0.865. The van der Waals surface area contributed by atoms with Crippen molar-refractivity contribution in [1.29, 1.82) is 0 Å². The van der Waals surface area contributed by atoms with Crippen molar-refractivity contribution >= 4 is 0 Å². The maximum absolute atomic E-state index is 14.2. The largest absolute Gasteiger partial charge is 0.390 e. The van der Waals surface area contributed by atoms with Gasteiger partial charge in [0.15, 0.2) is 0 Å². The van der Waals surface area contributed by atoms with Crippen LogP contribution in [0, 0.1) is 11.7 Å². The van der Waals surface area contributed by atoms with Gasteiger partial charge in [0.2, 0.25) is 0 Å². The minimum Gasteiger partial charge on any atom is -0.390 e. The molecule has 0 aliphatic carbocycles. The molecule has 0 amide bonds. The summed E-state index contributed by atoms with van der Waals surface area (Å²) in [6.45, 7) is 0.975. The van der Waals surface area contributed by atoms with Gasteiger partial charge in [-0.05, 0) is 18.1 Å². The Hall–Kier alpha value is -1.72. The summed E-state index contributed by atoms with van der Waals surface area (Å²) in [7, 11) is 0. The zero-order valence-electron chi connectivity index (χ0n) is 10.9. The third kappa shape index (κ3) is 1.57. The minimum absolute atomic E-state index is 0.0275. The zero-order valence-corrected chi connectivity index (χ0v) is 10.9. The third-order valence-electron chi connectivity index (χ3n) is 4.37. The second kappa shape index (κ2) is 4.40. The number of imidazole rings is 1. The van der Waals surface area contributed by atoms with Crippen LogP contribution in [0.1, 0.15) is 18.0 Å². The van der Waals surface area contributed by atoms with Gasteiger partial charge in [-0.2, -0.15) is 0 Å². The number of aromatic nitrogens is 2. The van der Waals surface area contributed by atoms with E-state index in [-0.39, 0.29) is 17.8 Å². The lowest BCUT2D eigenvalue weighted by molar-refractivity contribution is -0.0540. The highest BCUT2D eigenvalue weighted by atomic mass is 19.1. The molecule has 1 aromatic heterocycles. The van der Waals surface area contributed by atoms with Crippen molar-refractivity contribution in [2.45, 2.75) is 18.6 Å². The van der Waals surface area contributed by atoms with Crippen molar-refractivity contribution in [3.8, 4) is 11.3 Å². The minimum atomic E-state index is -0.529. The fourth-order valence-electron chi connectivity index (χ4n) is 3.47. The summed E-state index contributed by atoms with van der Waals surface area (Å²) >= 11 is 0. The van der Waals surface area contributed by atoms with E-state index in [1.165, 1.54) is 6.07 Å². The molecule has 1 aromatic carbocycles. The van der Waals surface area contributed by atoms with Crippen LogP contribution in [-0.2, 0) is 4.74 Å². The van der Waals surface area contributed by atoms with E-state index < -0.39 is 6.10 Å². The van der Waals surface area contributed by atoms with Gasteiger partial charge in [-0.1, -0.05) is 12.1 Å². The number of rotatable bonds is 1. The molecule has 0 radical (unpaired) electrons. The third-order valence-corrected chi connectivity index (χ3v) is 4.37. The number of halogens is 1. The predicted octanol–water partition coefficient (Wildman–Crippen LogP) is 1.99. The topological polar surface area (TPSA) is 47.3 Å². The summed E-state index contributed by atoms with van der Waals surface area (Å²) in [5.41, 5.74) is 2.35. The lowest BCUT2D eigenvalue weighted by atomic mass is 9.85. The van der Waals surface area contributed by atoms with Crippen molar-refractivity contribution in [2.24, 2.45) is 5.92 Å². The fourth-order valence-corrected chi connectivity index (χ4v) is 3.47. The highest BCUT2D eigenvalue weighted by Gasteiger charge is 2.40. The molecule has 0 bridgehead atoms. The van der Waals surface area contributed by atoms with Gasteiger partial charge < -0.3 is 14.4 Å². The molecule has 0 unspecified atom stereocenters. The van der Waals surface area contributed by atoms with Crippen LogP contribution >= 0.6 is 0 Å². The summed E-state index contributed by atoms with van der Waals surface area (Å²) < 4.78 is 21.4. The monoisotopic (exact) mass is 274 g/mol. The van der Waals surface area contributed by atoms with Crippen molar-refractivity contribution < 1.29 is 14.2 Å². The molecule has 0 saturated carbocycles. The molecule has 20 heavy (non-hydrogen) atoms. The molecule has 4 rings (SSSR count). The molecule has 5 heteroatoms. The SMILES string of the molecule is O[C@@H]1COCC[C@H]1[C@@H]1c2cccc(F)c2-c2cncn21. The highest BCUT2D eigenvalue weighted by molar-refractivity contribution is 5.69. The number of aliphatic hydroxyl groups is 1. The molecule has 2 aliphatic heterocycles. The van der Waals surface area contributed by atoms with Crippen LogP contribution in [0.4, 0.5) is 4.39 Å². The van der Waals surface area contributed by atoms with E-state index in [2.05, 4.69) is 4.98 Å². The van der Waals surface area contributed by atoms with E-state index >= 15 is 0 Å². The number of nitrogens with zero attached hydrogens (tertiary/aromatic N) is 2. The Morgan fingerprint density at radius 1 is 1.40 bits per heavy atom. The van der Waals surface area contributed by atoms with Crippen LogP contribution in [0.25, 0.3) is 11.3 Å². The number of ether oxygens (including phenoxy) is 1. The number of hydrogen-bond acceptors (Lipinski definition) is 3. The van der Waals surface area contributed by atoms with E-state index in [4.69, 9.17) is 4.74 Å². The lowest BCUT2D eigenvalue weighted by Crippen LogP contribution is -2.37. The van der Waals surface area contributed by atoms with E-state index in [9.17, 15) is 9.50 Å². The molecule has 2 aliphatic rings. The average molecular weight is 274 g/mol. The Morgan fingerprint density at radius 3 is 3.15 bits per heavy atom. The average Bonchev–Trinajstić information content (AvgIpc) is 3.00. The molecule has 3 atom stereocenters. The Bertz CT molecular complexity index is 655. The molecule has 2 aromatic rings. The van der Waals surface area contributed by atoms with Gasteiger partial charge in [0.25, 0.3) is 0 Å². The van der Waals surface area contributed by atoms with Gasteiger partial charge in [-0.25, -0.2) is 9.37 Å². The molecule has 104 valence electrons. The van der Waals surface area contributed by atoms with Crippen LogP contribution in [-0.4, -0.2) is 34.0 Å². The van der Waals surface area contributed by atoms with E-state index in [1.54, 1.807) is 18.6 Å². The molecule has 3 heterocycles. The number of benzene rings is 1. The molecule has 4 nitrogen and oxygen atoms in total. The van der Waals surface area contributed by atoms with Crippen molar-refractivity contribution in [3.05, 3.63) is 42.1 Å². The Balaban J connectivity index is 1.87. The second-order valence-corrected chi connectivity index (χ2v) is 5.43. The number of aliphatic hydroxyl groups excluding tert-OH is 1. The second-order valence-electron chi connectivity index (χ2n) is 5.43. The van der Waals surface area contributed by atoms with Gasteiger partial charge in [-0.15, -0.1) is 0 Å². The fraction of sp³-hybridized carbons (Fsp3) is 0.400. The van der Waals surface area contributed by atoms with Crippen LogP contribution in [0.5, 0.6) is 0 Å². The van der Waals surface area contributed by atoms with Crippen molar-refractivity contribution in [3.63, 3.8) is 0 Å². The highest BCUT2D eigenvalue weighted by Crippen LogP contribution is 2.46. The predicted molar refractivity (Wildman–Crippen MR) is 70.7 cm³/mol. The van der Waals surface area contributed by atoms with Gasteiger partial charge in [0, 0.05) is 18.1 Å². The van der Waals surface area contributed by atoms with Gasteiger partial charge in [0.1, 0.15) is 5.82 Å². The first-order valence-electron chi connectivity index (χ1n) is 6.84. The summed E-state index contributed by atoms with van der Waals surface area (Å²) in [5, 5.41) is 10.2. The van der Waals surface area contributed by atoms with Crippen molar-refractivity contribution in [1.82, 2.24) is 9.55 Å². The summed E-state index contributed by atoms with van der Waals surface area (Å²) in [4.78, 5) is 4.14. The zero-order chi connectivity index (χ0) is 13.7. The molecular formula is C15H15FN2O2. The molecule has 1 fully saturated rings. The van der Waals surface area contributed by atoms with Crippen LogP contribution < -0.4 is 0 Å². The van der Waals surface area contributed by atoms with Crippen LogP contribution in [0.3, 0.4) is 0 Å². The summed E-state index contributed by atoms with van der Waals surface area (Å²) in [6.07, 6.45) is 3.65. The smallest absolute Gasteiger partial charge is 0.132 e. The maximum Gasteiger partial charge on any atom is 0.132 e. The Kier molecular flexibility index (Phi) is 2.65. The maximum atomic E-state index is 14.2. The van der Waals surface area contributed by atoms with Crippen molar-refractivity contribution in [2.75, 3.05) is 13.2 Å². The summed E-state index contributed by atoms with van der Waals surface area (Å²) in [6, 6.07) is 5.08. The molecule has 1 saturated heterocycles. The normalized spacial score (nSPS) is 28.2. The number of hydrogen-bond donors (Lipinski definition) is 1. The molecule has 1 N–H and O–H groups in total. The molecular weight excluding hydrogens is 259 g/mol. The molecule has 0 spiro atoms. The standard InChI is InChI=1S/C15H15FN2O2/c16-11-3-1-2-10-14(11)12-6-17-8-18(12)15(10)9-4-5-20-7-13(9)19/h1-3,6,8-9,13,15,19H,4-5,7H2/t9-,13-,15-/m1/s1. The van der Waals surface area contributed by atoms with E-state index in [0.717, 1.165) is 17.7 Å². The van der Waals surface area contributed by atoms with Crippen LogP contribution in [0.2, 0.25) is 0 Å². The van der Waals surface area contributed by atoms with E-state index in [0.29, 0.717) is 18.8 Å².